The van der Waals surface area contributed by atoms with Crippen molar-refractivity contribution in [3.05, 3.63) is 29.8 Å². The molecule has 0 heterocycles. The molecule has 0 radical (unpaired) electrons. The molecular formula is C16H25NO3. The highest BCUT2D eigenvalue weighted by Gasteiger charge is 2.34. The zero-order valence-electron chi connectivity index (χ0n) is 12.6. The van der Waals surface area contributed by atoms with E-state index in [0.29, 0.717) is 32.4 Å². The van der Waals surface area contributed by atoms with Gasteiger partial charge in [-0.3, -0.25) is 4.79 Å². The number of aryl methyl sites for hydroxylation is 1. The van der Waals surface area contributed by atoms with Gasteiger partial charge in [-0.25, -0.2) is 0 Å². The number of carboxylic acid groups (broad SMARTS) is 1. The molecule has 2 N–H and O–H groups in total. The summed E-state index contributed by atoms with van der Waals surface area (Å²) in [5.41, 5.74) is 0.367. The standard InChI is InChI=1S/C16H25NO3/c1-4-16(15(18)19,17-5-2)11-6-12-20-14-9-7-13(3)8-10-14/h7-10,17H,4-6,11-12H2,1-3H3,(H,18,19). The normalized spacial score (nSPS) is 13.8. The number of nitrogens with one attached hydrogen (secondary N) is 1. The summed E-state index contributed by atoms with van der Waals surface area (Å²) < 4.78 is 5.64. The van der Waals surface area contributed by atoms with Crippen molar-refractivity contribution >= 4 is 5.97 Å². The van der Waals surface area contributed by atoms with Gasteiger partial charge in [0, 0.05) is 0 Å². The molecule has 0 fully saturated rings. The van der Waals surface area contributed by atoms with E-state index in [4.69, 9.17) is 4.74 Å². The molecule has 20 heavy (non-hydrogen) atoms. The zero-order chi connectivity index (χ0) is 15.0. The van der Waals surface area contributed by atoms with Crippen LogP contribution < -0.4 is 10.1 Å². The fraction of sp³-hybridized carbons (Fsp3) is 0.562. The monoisotopic (exact) mass is 279 g/mol. The largest absolute Gasteiger partial charge is 0.494 e. The van der Waals surface area contributed by atoms with Gasteiger partial charge in [0.05, 0.1) is 6.61 Å². The second-order valence-corrected chi connectivity index (χ2v) is 5.04. The summed E-state index contributed by atoms with van der Waals surface area (Å²) in [6.45, 7) is 7.04. The van der Waals surface area contributed by atoms with Gasteiger partial charge in [-0.05, 0) is 44.9 Å². The maximum atomic E-state index is 11.4. The molecule has 1 atom stereocenters. The minimum absolute atomic E-state index is 0.531. The van der Waals surface area contributed by atoms with Gasteiger partial charge in [0.25, 0.3) is 0 Å². The molecule has 0 saturated heterocycles. The minimum atomic E-state index is -0.828. The van der Waals surface area contributed by atoms with Gasteiger partial charge in [-0.15, -0.1) is 0 Å². The Morgan fingerprint density at radius 3 is 2.45 bits per heavy atom. The molecule has 0 aliphatic rings. The van der Waals surface area contributed by atoms with E-state index < -0.39 is 11.5 Å². The lowest BCUT2D eigenvalue weighted by atomic mass is 9.90. The van der Waals surface area contributed by atoms with E-state index in [9.17, 15) is 9.90 Å². The molecule has 4 heteroatoms. The third-order valence-electron chi connectivity index (χ3n) is 3.57. The average Bonchev–Trinajstić information content (AvgIpc) is 2.44. The van der Waals surface area contributed by atoms with Crippen LogP contribution in [-0.2, 0) is 4.79 Å². The summed E-state index contributed by atoms with van der Waals surface area (Å²) in [6, 6.07) is 7.87. The number of likely N-dealkylation sites (N-methyl/N-ethyl adjacent to an activating group) is 1. The van der Waals surface area contributed by atoms with Crippen LogP contribution in [0.5, 0.6) is 5.75 Å². The van der Waals surface area contributed by atoms with Crippen LogP contribution in [0.4, 0.5) is 0 Å². The number of benzene rings is 1. The van der Waals surface area contributed by atoms with Crippen molar-refractivity contribution in [2.45, 2.75) is 45.6 Å². The van der Waals surface area contributed by atoms with Crippen LogP contribution in [-0.4, -0.2) is 29.8 Å². The van der Waals surface area contributed by atoms with Gasteiger partial charge in [0.15, 0.2) is 0 Å². The zero-order valence-corrected chi connectivity index (χ0v) is 12.6. The summed E-state index contributed by atoms with van der Waals surface area (Å²) in [5, 5.41) is 12.5. The summed E-state index contributed by atoms with van der Waals surface area (Å²) in [4.78, 5) is 11.4. The van der Waals surface area contributed by atoms with Gasteiger partial charge in [0.1, 0.15) is 11.3 Å². The molecule has 1 aromatic carbocycles. The van der Waals surface area contributed by atoms with E-state index in [1.165, 1.54) is 5.56 Å². The van der Waals surface area contributed by atoms with Gasteiger partial charge in [0.2, 0.25) is 0 Å². The highest BCUT2D eigenvalue weighted by atomic mass is 16.5. The Bertz CT molecular complexity index is 416. The molecule has 0 saturated carbocycles. The topological polar surface area (TPSA) is 58.6 Å². The molecule has 1 unspecified atom stereocenters. The Morgan fingerprint density at radius 2 is 1.95 bits per heavy atom. The highest BCUT2D eigenvalue weighted by molar-refractivity contribution is 5.78. The maximum absolute atomic E-state index is 11.4. The van der Waals surface area contributed by atoms with Crippen molar-refractivity contribution in [2.24, 2.45) is 0 Å². The second-order valence-electron chi connectivity index (χ2n) is 5.04. The quantitative estimate of drug-likeness (QED) is 0.682. The summed E-state index contributed by atoms with van der Waals surface area (Å²) in [6.07, 6.45) is 1.85. The van der Waals surface area contributed by atoms with Crippen molar-refractivity contribution < 1.29 is 14.6 Å². The predicted molar refractivity (Wildman–Crippen MR) is 80.2 cm³/mol. The van der Waals surface area contributed by atoms with Crippen LogP contribution in [0.25, 0.3) is 0 Å². The summed E-state index contributed by atoms with van der Waals surface area (Å²) in [7, 11) is 0. The van der Waals surface area contributed by atoms with Crippen molar-refractivity contribution in [2.75, 3.05) is 13.2 Å². The van der Waals surface area contributed by atoms with Gasteiger partial charge >= 0.3 is 5.97 Å². The van der Waals surface area contributed by atoms with Crippen molar-refractivity contribution in [3.63, 3.8) is 0 Å². The first-order chi connectivity index (χ1) is 9.54. The molecule has 4 nitrogen and oxygen atoms in total. The van der Waals surface area contributed by atoms with Crippen LogP contribution in [0.1, 0.15) is 38.7 Å². The lowest BCUT2D eigenvalue weighted by Gasteiger charge is -2.29. The number of rotatable bonds is 9. The van der Waals surface area contributed by atoms with Gasteiger partial charge in [-0.1, -0.05) is 31.5 Å². The molecule has 0 aliphatic carbocycles. The molecule has 0 amide bonds. The molecule has 0 aromatic heterocycles. The predicted octanol–water partition coefficient (Wildman–Crippen LogP) is 3.00. The fourth-order valence-corrected chi connectivity index (χ4v) is 2.26. The van der Waals surface area contributed by atoms with E-state index in [2.05, 4.69) is 5.32 Å². The number of ether oxygens (including phenoxy) is 1. The Labute approximate surface area is 121 Å². The molecule has 0 bridgehead atoms. The highest BCUT2D eigenvalue weighted by Crippen LogP contribution is 2.19. The van der Waals surface area contributed by atoms with Gasteiger partial charge < -0.3 is 15.2 Å². The third-order valence-corrected chi connectivity index (χ3v) is 3.57. The summed E-state index contributed by atoms with van der Waals surface area (Å²) >= 11 is 0. The first kappa shape index (κ1) is 16.5. The van der Waals surface area contributed by atoms with Crippen LogP contribution in [0.3, 0.4) is 0 Å². The molecular weight excluding hydrogens is 254 g/mol. The first-order valence-electron chi connectivity index (χ1n) is 7.22. The Morgan fingerprint density at radius 1 is 1.30 bits per heavy atom. The molecule has 0 aliphatic heterocycles. The first-order valence-corrected chi connectivity index (χ1v) is 7.22. The van der Waals surface area contributed by atoms with Crippen LogP contribution >= 0.6 is 0 Å². The Kier molecular flexibility index (Phi) is 6.52. The van der Waals surface area contributed by atoms with Crippen molar-refractivity contribution in [1.82, 2.24) is 5.32 Å². The van der Waals surface area contributed by atoms with Gasteiger partial charge in [-0.2, -0.15) is 0 Å². The number of carboxylic acids is 1. The average molecular weight is 279 g/mol. The van der Waals surface area contributed by atoms with Crippen LogP contribution in [0.15, 0.2) is 24.3 Å². The minimum Gasteiger partial charge on any atom is -0.494 e. The smallest absolute Gasteiger partial charge is 0.323 e. The molecule has 112 valence electrons. The van der Waals surface area contributed by atoms with E-state index >= 15 is 0 Å². The Hall–Kier alpha value is -1.55. The maximum Gasteiger partial charge on any atom is 0.323 e. The van der Waals surface area contributed by atoms with Crippen molar-refractivity contribution in [3.8, 4) is 5.75 Å². The Balaban J connectivity index is 2.44. The summed E-state index contributed by atoms with van der Waals surface area (Å²) in [5.74, 6) is 0.0497. The number of hydrogen-bond donors (Lipinski definition) is 2. The second kappa shape index (κ2) is 7.90. The molecule has 1 rings (SSSR count). The number of carbonyl (C=O) groups is 1. The van der Waals surface area contributed by atoms with Crippen molar-refractivity contribution in [1.29, 1.82) is 0 Å². The van der Waals surface area contributed by atoms with E-state index in [-0.39, 0.29) is 0 Å². The van der Waals surface area contributed by atoms with E-state index in [1.807, 2.05) is 45.0 Å². The molecule has 1 aromatic rings. The fourth-order valence-electron chi connectivity index (χ4n) is 2.26. The SMILES string of the molecule is CCNC(CC)(CCCOc1ccc(C)cc1)C(=O)O. The molecule has 0 spiro atoms. The van der Waals surface area contributed by atoms with E-state index in [1.54, 1.807) is 0 Å². The third kappa shape index (κ3) is 4.53. The van der Waals surface area contributed by atoms with Crippen LogP contribution in [0, 0.1) is 6.92 Å². The van der Waals surface area contributed by atoms with Crippen LogP contribution in [0.2, 0.25) is 0 Å². The number of hydrogen-bond acceptors (Lipinski definition) is 3. The number of aliphatic carboxylic acids is 1. The lowest BCUT2D eigenvalue weighted by Crippen LogP contribution is -2.51. The van der Waals surface area contributed by atoms with E-state index in [0.717, 1.165) is 5.75 Å². The lowest BCUT2D eigenvalue weighted by molar-refractivity contribution is -0.145.